The summed E-state index contributed by atoms with van der Waals surface area (Å²) in [5.74, 6) is -0.970. The van der Waals surface area contributed by atoms with Crippen molar-refractivity contribution < 1.29 is 14.0 Å². The molecule has 2 rings (SSSR count). The van der Waals surface area contributed by atoms with E-state index in [2.05, 4.69) is 16.0 Å². The van der Waals surface area contributed by atoms with Crippen LogP contribution in [0.25, 0.3) is 0 Å². The molecular formula is C16H22FN3O2. The molecule has 0 saturated heterocycles. The fourth-order valence-electron chi connectivity index (χ4n) is 2.54. The Hall–Kier alpha value is -2.11. The lowest BCUT2D eigenvalue weighted by atomic mass is 10.2. The minimum atomic E-state index is -0.533. The van der Waals surface area contributed by atoms with Gasteiger partial charge in [-0.1, -0.05) is 25.0 Å². The number of halogens is 1. The van der Waals surface area contributed by atoms with Gasteiger partial charge in [-0.25, -0.2) is 9.18 Å². The first kappa shape index (κ1) is 16.3. The Bertz CT molecular complexity index is 516. The number of amides is 3. The van der Waals surface area contributed by atoms with E-state index in [0.717, 1.165) is 12.8 Å². The Kier molecular flexibility index (Phi) is 6.18. The molecule has 0 unspecified atom stereocenters. The van der Waals surface area contributed by atoms with Crippen molar-refractivity contribution >= 4 is 11.9 Å². The highest BCUT2D eigenvalue weighted by Crippen LogP contribution is 2.17. The highest BCUT2D eigenvalue weighted by atomic mass is 19.1. The minimum absolute atomic E-state index is 0.0365. The second-order valence-corrected chi connectivity index (χ2v) is 5.47. The summed E-state index contributed by atoms with van der Waals surface area (Å²) < 4.78 is 13.4. The first-order valence-corrected chi connectivity index (χ1v) is 7.74. The molecule has 5 nitrogen and oxygen atoms in total. The SMILES string of the molecule is O=C(NCCCNC(=O)c1ccccc1F)NC1CCCC1. The van der Waals surface area contributed by atoms with Gasteiger partial charge in [0.1, 0.15) is 5.82 Å². The lowest BCUT2D eigenvalue weighted by molar-refractivity contribution is 0.0949. The minimum Gasteiger partial charge on any atom is -0.352 e. The van der Waals surface area contributed by atoms with Crippen LogP contribution in [0.1, 0.15) is 42.5 Å². The first-order chi connectivity index (χ1) is 10.7. The van der Waals surface area contributed by atoms with Gasteiger partial charge in [0, 0.05) is 19.1 Å². The smallest absolute Gasteiger partial charge is 0.315 e. The fraction of sp³-hybridized carbons (Fsp3) is 0.500. The molecule has 0 atom stereocenters. The molecule has 120 valence electrons. The molecule has 1 aliphatic rings. The average molecular weight is 307 g/mol. The quantitative estimate of drug-likeness (QED) is 0.705. The summed E-state index contributed by atoms with van der Waals surface area (Å²) in [5, 5.41) is 8.32. The van der Waals surface area contributed by atoms with Crippen LogP contribution in [-0.2, 0) is 0 Å². The van der Waals surface area contributed by atoms with E-state index in [-0.39, 0.29) is 11.6 Å². The first-order valence-electron chi connectivity index (χ1n) is 7.74. The largest absolute Gasteiger partial charge is 0.352 e. The predicted molar refractivity (Wildman–Crippen MR) is 82.1 cm³/mol. The van der Waals surface area contributed by atoms with E-state index in [9.17, 15) is 14.0 Å². The molecule has 0 heterocycles. The molecule has 1 fully saturated rings. The average Bonchev–Trinajstić information content (AvgIpc) is 3.00. The van der Waals surface area contributed by atoms with Gasteiger partial charge in [-0.15, -0.1) is 0 Å². The number of nitrogens with one attached hydrogen (secondary N) is 3. The maximum absolute atomic E-state index is 13.4. The summed E-state index contributed by atoms with van der Waals surface area (Å²) in [6.07, 6.45) is 5.04. The van der Waals surface area contributed by atoms with Crippen LogP contribution < -0.4 is 16.0 Å². The van der Waals surface area contributed by atoms with Crippen LogP contribution in [0.4, 0.5) is 9.18 Å². The molecule has 22 heavy (non-hydrogen) atoms. The van der Waals surface area contributed by atoms with Gasteiger partial charge in [-0.2, -0.15) is 0 Å². The van der Waals surface area contributed by atoms with Crippen LogP contribution in [-0.4, -0.2) is 31.1 Å². The zero-order valence-electron chi connectivity index (χ0n) is 12.5. The molecule has 3 N–H and O–H groups in total. The second kappa shape index (κ2) is 8.36. The highest BCUT2D eigenvalue weighted by Gasteiger charge is 2.16. The standard InChI is InChI=1S/C16H22FN3O2/c17-14-9-4-3-8-13(14)15(21)18-10-5-11-19-16(22)20-12-6-1-2-7-12/h3-4,8-9,12H,1-2,5-7,10-11H2,(H,18,21)(H2,19,20,22). The van der Waals surface area contributed by atoms with Crippen LogP contribution in [0.2, 0.25) is 0 Å². The maximum Gasteiger partial charge on any atom is 0.315 e. The lowest BCUT2D eigenvalue weighted by Gasteiger charge is -2.13. The Morgan fingerprint density at radius 1 is 1.09 bits per heavy atom. The predicted octanol–water partition coefficient (Wildman–Crippen LogP) is 2.19. The van der Waals surface area contributed by atoms with Crippen molar-refractivity contribution in [1.29, 1.82) is 0 Å². The molecule has 0 bridgehead atoms. The zero-order valence-corrected chi connectivity index (χ0v) is 12.5. The number of urea groups is 1. The van der Waals surface area contributed by atoms with Gasteiger partial charge in [0.15, 0.2) is 0 Å². The third-order valence-corrected chi connectivity index (χ3v) is 3.73. The molecule has 1 aliphatic carbocycles. The van der Waals surface area contributed by atoms with Gasteiger partial charge in [-0.3, -0.25) is 4.79 Å². The number of carbonyl (C=O) groups is 2. The molecule has 0 aromatic heterocycles. The molecule has 1 aromatic rings. The topological polar surface area (TPSA) is 70.2 Å². The number of hydrogen-bond acceptors (Lipinski definition) is 2. The van der Waals surface area contributed by atoms with Gasteiger partial charge in [0.25, 0.3) is 5.91 Å². The summed E-state index contributed by atoms with van der Waals surface area (Å²) in [5.41, 5.74) is 0.0365. The summed E-state index contributed by atoms with van der Waals surface area (Å²) in [7, 11) is 0. The van der Waals surface area contributed by atoms with Crippen LogP contribution in [0.3, 0.4) is 0 Å². The summed E-state index contributed by atoms with van der Waals surface area (Å²) >= 11 is 0. The Morgan fingerprint density at radius 2 is 1.77 bits per heavy atom. The second-order valence-electron chi connectivity index (χ2n) is 5.47. The molecule has 0 radical (unpaired) electrons. The number of hydrogen-bond donors (Lipinski definition) is 3. The molecule has 3 amide bonds. The third-order valence-electron chi connectivity index (χ3n) is 3.73. The van der Waals surface area contributed by atoms with Crippen molar-refractivity contribution in [2.75, 3.05) is 13.1 Å². The number of carbonyl (C=O) groups excluding carboxylic acids is 2. The Labute approximate surface area is 129 Å². The van der Waals surface area contributed by atoms with Gasteiger partial charge in [0.05, 0.1) is 5.56 Å². The van der Waals surface area contributed by atoms with Gasteiger partial charge >= 0.3 is 6.03 Å². The van der Waals surface area contributed by atoms with E-state index in [1.807, 2.05) is 0 Å². The van der Waals surface area contributed by atoms with Gasteiger partial charge < -0.3 is 16.0 Å². The van der Waals surface area contributed by atoms with Crippen molar-refractivity contribution in [3.05, 3.63) is 35.6 Å². The maximum atomic E-state index is 13.4. The lowest BCUT2D eigenvalue weighted by Crippen LogP contribution is -2.41. The van der Waals surface area contributed by atoms with Crippen LogP contribution in [0.5, 0.6) is 0 Å². The third kappa shape index (κ3) is 5.02. The van der Waals surface area contributed by atoms with Crippen LogP contribution in [0, 0.1) is 5.82 Å². The molecule has 1 aromatic carbocycles. The van der Waals surface area contributed by atoms with E-state index in [1.165, 1.54) is 25.0 Å². The zero-order chi connectivity index (χ0) is 15.8. The van der Waals surface area contributed by atoms with Crippen LogP contribution in [0.15, 0.2) is 24.3 Å². The van der Waals surface area contributed by atoms with E-state index < -0.39 is 11.7 Å². The Balaban J connectivity index is 1.58. The molecule has 0 aliphatic heterocycles. The van der Waals surface area contributed by atoms with Crippen molar-refractivity contribution in [3.63, 3.8) is 0 Å². The highest BCUT2D eigenvalue weighted by molar-refractivity contribution is 5.94. The summed E-state index contributed by atoms with van der Waals surface area (Å²) in [6.45, 7) is 0.854. The van der Waals surface area contributed by atoms with E-state index in [0.29, 0.717) is 25.6 Å². The number of rotatable bonds is 6. The van der Waals surface area contributed by atoms with Crippen molar-refractivity contribution in [2.24, 2.45) is 0 Å². The van der Waals surface area contributed by atoms with Gasteiger partial charge in [0.2, 0.25) is 0 Å². The Morgan fingerprint density at radius 3 is 2.50 bits per heavy atom. The van der Waals surface area contributed by atoms with Crippen LogP contribution >= 0.6 is 0 Å². The van der Waals surface area contributed by atoms with Crippen molar-refractivity contribution in [3.8, 4) is 0 Å². The fourth-order valence-corrected chi connectivity index (χ4v) is 2.54. The van der Waals surface area contributed by atoms with E-state index in [4.69, 9.17) is 0 Å². The molecule has 1 saturated carbocycles. The molecule has 6 heteroatoms. The molecule has 0 spiro atoms. The normalized spacial score (nSPS) is 14.6. The van der Waals surface area contributed by atoms with Crippen molar-refractivity contribution in [1.82, 2.24) is 16.0 Å². The summed E-state index contributed by atoms with van der Waals surface area (Å²) in [4.78, 5) is 23.3. The monoisotopic (exact) mass is 307 g/mol. The van der Waals surface area contributed by atoms with E-state index in [1.54, 1.807) is 12.1 Å². The van der Waals surface area contributed by atoms with Crippen molar-refractivity contribution in [2.45, 2.75) is 38.1 Å². The number of benzene rings is 1. The van der Waals surface area contributed by atoms with E-state index >= 15 is 0 Å². The van der Waals surface area contributed by atoms with Gasteiger partial charge in [-0.05, 0) is 31.4 Å². The molecular weight excluding hydrogens is 285 g/mol. The summed E-state index contributed by atoms with van der Waals surface area (Å²) in [6, 6.07) is 5.99.